The topological polar surface area (TPSA) is 60.0 Å². The number of nitrogens with one attached hydrogen (secondary N) is 1. The van der Waals surface area contributed by atoms with Gasteiger partial charge in [0, 0.05) is 28.9 Å². The van der Waals surface area contributed by atoms with Gasteiger partial charge in [-0.1, -0.05) is 48.0 Å². The first kappa shape index (κ1) is 21.3. The molecule has 0 radical (unpaired) electrons. The summed E-state index contributed by atoms with van der Waals surface area (Å²) < 4.78 is 17.1. The lowest BCUT2D eigenvalue weighted by molar-refractivity contribution is -0.122. The van der Waals surface area contributed by atoms with E-state index in [4.69, 9.17) is 25.8 Å². The zero-order chi connectivity index (χ0) is 23.1. The molecule has 7 heteroatoms. The van der Waals surface area contributed by atoms with Gasteiger partial charge in [0.15, 0.2) is 11.5 Å². The molecule has 1 unspecified atom stereocenters. The summed E-state index contributed by atoms with van der Waals surface area (Å²) in [6, 6.07) is 19.7. The van der Waals surface area contributed by atoms with Crippen LogP contribution in [0, 0.1) is 0 Å². The summed E-state index contributed by atoms with van der Waals surface area (Å²) in [5, 5.41) is 4.28. The minimum absolute atomic E-state index is 0.0578. The van der Waals surface area contributed by atoms with Gasteiger partial charge in [-0.2, -0.15) is 0 Å². The SMILES string of the molecule is O=C1N(CCCNCCc2ccccc2Cl)c2ccccc2C12COc1cc3c(cc12)OCO3. The predicted octanol–water partition coefficient (Wildman–Crippen LogP) is 4.32. The molecule has 1 amide bonds. The number of rotatable bonds is 7. The number of amides is 1. The number of hydrogen-bond donors (Lipinski definition) is 1. The number of ether oxygens (including phenoxy) is 3. The molecular formula is C27H25ClN2O4. The molecule has 34 heavy (non-hydrogen) atoms. The van der Waals surface area contributed by atoms with Gasteiger partial charge < -0.3 is 24.4 Å². The molecule has 6 rings (SSSR count). The summed E-state index contributed by atoms with van der Waals surface area (Å²) in [4.78, 5) is 15.8. The van der Waals surface area contributed by atoms with Crippen molar-refractivity contribution in [2.24, 2.45) is 0 Å². The zero-order valence-electron chi connectivity index (χ0n) is 18.7. The van der Waals surface area contributed by atoms with Crippen LogP contribution in [0.4, 0.5) is 5.69 Å². The summed E-state index contributed by atoms with van der Waals surface area (Å²) in [6.45, 7) is 2.76. The van der Waals surface area contributed by atoms with Crippen LogP contribution >= 0.6 is 11.6 Å². The smallest absolute Gasteiger partial charge is 0.245 e. The van der Waals surface area contributed by atoms with Crippen LogP contribution in [0.5, 0.6) is 17.2 Å². The van der Waals surface area contributed by atoms with E-state index in [1.807, 2.05) is 59.5 Å². The number of para-hydroxylation sites is 1. The van der Waals surface area contributed by atoms with Crippen molar-refractivity contribution < 1.29 is 19.0 Å². The molecule has 3 aromatic rings. The summed E-state index contributed by atoms with van der Waals surface area (Å²) in [5.74, 6) is 2.07. The second-order valence-corrected chi connectivity index (χ2v) is 9.22. The lowest BCUT2D eigenvalue weighted by atomic mass is 9.77. The van der Waals surface area contributed by atoms with Gasteiger partial charge >= 0.3 is 0 Å². The van der Waals surface area contributed by atoms with Crippen molar-refractivity contribution in [1.29, 1.82) is 0 Å². The number of fused-ring (bicyclic) bond motifs is 5. The molecule has 0 aliphatic carbocycles. The van der Waals surface area contributed by atoms with Crippen molar-refractivity contribution in [2.45, 2.75) is 18.3 Å². The van der Waals surface area contributed by atoms with E-state index in [0.29, 0.717) is 23.8 Å². The molecule has 1 N–H and O–H groups in total. The van der Waals surface area contributed by atoms with Crippen molar-refractivity contribution in [3.63, 3.8) is 0 Å². The van der Waals surface area contributed by atoms with Gasteiger partial charge in [0.05, 0.1) is 0 Å². The van der Waals surface area contributed by atoms with Crippen molar-refractivity contribution in [3.8, 4) is 17.2 Å². The molecule has 0 saturated heterocycles. The van der Waals surface area contributed by atoms with E-state index in [-0.39, 0.29) is 19.3 Å². The molecule has 3 aliphatic heterocycles. The standard InChI is InChI=1S/C27H25ClN2O4/c28-21-8-3-1-6-18(21)10-12-29-11-5-13-30-22-9-4-2-7-19(22)27(26(30)31)16-32-23-15-25-24(14-20(23)27)33-17-34-25/h1-4,6-9,14-15,29H,5,10-13,16-17H2. The zero-order valence-corrected chi connectivity index (χ0v) is 19.4. The first-order chi connectivity index (χ1) is 16.7. The van der Waals surface area contributed by atoms with Gasteiger partial charge in [-0.3, -0.25) is 4.79 Å². The Balaban J connectivity index is 1.17. The highest BCUT2D eigenvalue weighted by Gasteiger charge is 2.57. The number of benzene rings is 3. The fourth-order valence-electron chi connectivity index (χ4n) is 5.20. The molecule has 0 fully saturated rings. The van der Waals surface area contributed by atoms with Crippen LogP contribution in [0.2, 0.25) is 5.02 Å². The number of carbonyl (C=O) groups excluding carboxylic acids is 1. The van der Waals surface area contributed by atoms with Crippen molar-refractivity contribution >= 4 is 23.2 Å². The van der Waals surface area contributed by atoms with E-state index in [2.05, 4.69) is 11.4 Å². The van der Waals surface area contributed by atoms with Gasteiger partial charge in [-0.15, -0.1) is 0 Å². The molecule has 0 bridgehead atoms. The van der Waals surface area contributed by atoms with Crippen molar-refractivity contribution in [2.75, 3.05) is 37.9 Å². The lowest BCUT2D eigenvalue weighted by Gasteiger charge is -2.23. The summed E-state index contributed by atoms with van der Waals surface area (Å²) >= 11 is 6.24. The third-order valence-electron chi connectivity index (χ3n) is 6.91. The minimum Gasteiger partial charge on any atom is -0.491 e. The van der Waals surface area contributed by atoms with Crippen LogP contribution in [0.25, 0.3) is 0 Å². The van der Waals surface area contributed by atoms with Crippen LogP contribution in [-0.4, -0.2) is 38.9 Å². The summed E-state index contributed by atoms with van der Waals surface area (Å²) in [5.41, 5.74) is 3.10. The van der Waals surface area contributed by atoms with Gasteiger partial charge in [0.25, 0.3) is 0 Å². The maximum atomic E-state index is 13.9. The lowest BCUT2D eigenvalue weighted by Crippen LogP contribution is -2.43. The highest BCUT2D eigenvalue weighted by molar-refractivity contribution is 6.31. The van der Waals surface area contributed by atoms with E-state index < -0.39 is 5.41 Å². The van der Waals surface area contributed by atoms with Gasteiger partial charge in [0.1, 0.15) is 17.8 Å². The molecule has 3 heterocycles. The average Bonchev–Trinajstić information content (AvgIpc) is 3.53. The number of carbonyl (C=O) groups is 1. The molecule has 6 nitrogen and oxygen atoms in total. The van der Waals surface area contributed by atoms with Gasteiger partial charge in [0.2, 0.25) is 12.7 Å². The monoisotopic (exact) mass is 476 g/mol. The predicted molar refractivity (Wildman–Crippen MR) is 130 cm³/mol. The molecular weight excluding hydrogens is 452 g/mol. The Bertz CT molecular complexity index is 1260. The normalized spacial score (nSPS) is 19.4. The molecule has 0 saturated carbocycles. The molecule has 3 aliphatic rings. The minimum atomic E-state index is -0.843. The molecule has 0 aromatic heterocycles. The van der Waals surface area contributed by atoms with Gasteiger partial charge in [-0.05, 0) is 55.3 Å². The maximum absolute atomic E-state index is 13.9. The third-order valence-corrected chi connectivity index (χ3v) is 7.28. The largest absolute Gasteiger partial charge is 0.491 e. The van der Waals surface area contributed by atoms with E-state index in [9.17, 15) is 4.79 Å². The van der Waals surface area contributed by atoms with Crippen LogP contribution in [0.1, 0.15) is 23.1 Å². The molecule has 174 valence electrons. The fourth-order valence-corrected chi connectivity index (χ4v) is 5.43. The molecule has 1 spiro atoms. The first-order valence-electron chi connectivity index (χ1n) is 11.6. The average molecular weight is 477 g/mol. The quantitative estimate of drug-likeness (QED) is 0.515. The van der Waals surface area contributed by atoms with Crippen LogP contribution < -0.4 is 24.4 Å². The summed E-state index contributed by atoms with van der Waals surface area (Å²) in [7, 11) is 0. The Morgan fingerprint density at radius 3 is 2.59 bits per heavy atom. The van der Waals surface area contributed by atoms with E-state index >= 15 is 0 Å². The number of nitrogens with zero attached hydrogens (tertiary/aromatic N) is 1. The Morgan fingerprint density at radius 1 is 0.912 bits per heavy atom. The van der Waals surface area contributed by atoms with E-state index in [1.165, 1.54) is 0 Å². The van der Waals surface area contributed by atoms with Crippen LogP contribution in [0.3, 0.4) is 0 Å². The van der Waals surface area contributed by atoms with Crippen LogP contribution in [-0.2, 0) is 16.6 Å². The number of anilines is 1. The third kappa shape index (κ3) is 3.32. The van der Waals surface area contributed by atoms with E-state index in [1.54, 1.807) is 0 Å². The Kier molecular flexibility index (Phi) is 5.35. The van der Waals surface area contributed by atoms with E-state index in [0.717, 1.165) is 53.3 Å². The highest BCUT2D eigenvalue weighted by atomic mass is 35.5. The Hall–Kier alpha value is -3.22. The number of halogens is 1. The van der Waals surface area contributed by atoms with Crippen LogP contribution in [0.15, 0.2) is 60.7 Å². The Morgan fingerprint density at radius 2 is 1.71 bits per heavy atom. The molecule has 3 aromatic carbocycles. The second-order valence-electron chi connectivity index (χ2n) is 8.81. The van der Waals surface area contributed by atoms with Crippen molar-refractivity contribution in [3.05, 3.63) is 82.4 Å². The van der Waals surface area contributed by atoms with Crippen molar-refractivity contribution in [1.82, 2.24) is 5.32 Å². The first-order valence-corrected chi connectivity index (χ1v) is 12.0. The second kappa shape index (κ2) is 8.53. The highest BCUT2D eigenvalue weighted by Crippen LogP contribution is 2.54. The molecule has 1 atom stereocenters. The fraction of sp³-hybridized carbons (Fsp3) is 0.296. The Labute approximate surface area is 203 Å². The summed E-state index contributed by atoms with van der Waals surface area (Å²) in [6.07, 6.45) is 1.71. The maximum Gasteiger partial charge on any atom is 0.245 e. The van der Waals surface area contributed by atoms with Gasteiger partial charge in [-0.25, -0.2) is 0 Å². The number of hydrogen-bond acceptors (Lipinski definition) is 5.